The number of fused-ring (bicyclic) bond motifs is 3. The van der Waals surface area contributed by atoms with E-state index >= 15 is 0 Å². The molecule has 0 saturated carbocycles. The van der Waals surface area contributed by atoms with Crippen LogP contribution in [0.4, 0.5) is 11.4 Å². The van der Waals surface area contributed by atoms with Crippen LogP contribution in [0.5, 0.6) is 5.88 Å². The van der Waals surface area contributed by atoms with Gasteiger partial charge in [0.25, 0.3) is 0 Å². The lowest BCUT2D eigenvalue weighted by molar-refractivity contribution is -0.124. The number of anilines is 2. The molecule has 2 amide bonds. The highest BCUT2D eigenvalue weighted by atomic mass is 16.5. The van der Waals surface area contributed by atoms with E-state index < -0.39 is 0 Å². The van der Waals surface area contributed by atoms with Gasteiger partial charge in [-0.2, -0.15) is 0 Å². The van der Waals surface area contributed by atoms with Crippen molar-refractivity contribution in [1.82, 2.24) is 9.97 Å². The molecule has 3 aliphatic rings. The van der Waals surface area contributed by atoms with E-state index in [1.54, 1.807) is 6.20 Å². The molecule has 5 heterocycles. The summed E-state index contributed by atoms with van der Waals surface area (Å²) in [5.74, 6) is 0.854. The van der Waals surface area contributed by atoms with Crippen molar-refractivity contribution in [1.29, 1.82) is 0 Å². The second-order valence-electron chi connectivity index (χ2n) is 10.3. The SMILES string of the molecule is CC1(C)C[C@H]2COc3ncc(Cc4ccc(-c5ccc(N6CCCC6=O)cc5)cn4)cc3N2C1=O. The fourth-order valence-electron chi connectivity index (χ4n) is 5.40. The highest BCUT2D eigenvalue weighted by molar-refractivity contribution is 6.01. The summed E-state index contributed by atoms with van der Waals surface area (Å²) in [5, 5.41) is 0. The van der Waals surface area contributed by atoms with Gasteiger partial charge in [-0.1, -0.05) is 32.0 Å². The maximum atomic E-state index is 13.0. The van der Waals surface area contributed by atoms with Crippen LogP contribution in [-0.4, -0.2) is 41.0 Å². The first kappa shape index (κ1) is 21.8. The van der Waals surface area contributed by atoms with Crippen molar-refractivity contribution in [2.75, 3.05) is 23.0 Å². The molecule has 7 nitrogen and oxygen atoms in total. The molecule has 178 valence electrons. The molecule has 0 radical (unpaired) electrons. The summed E-state index contributed by atoms with van der Waals surface area (Å²) in [6.07, 6.45) is 6.64. The van der Waals surface area contributed by atoms with E-state index in [0.29, 0.717) is 25.3 Å². The minimum atomic E-state index is -0.384. The topological polar surface area (TPSA) is 75.6 Å². The van der Waals surface area contributed by atoms with Crippen LogP contribution in [0.25, 0.3) is 11.1 Å². The zero-order chi connectivity index (χ0) is 24.2. The smallest absolute Gasteiger partial charge is 0.238 e. The molecule has 0 spiro atoms. The number of hydrogen-bond donors (Lipinski definition) is 0. The molecule has 0 unspecified atom stereocenters. The fraction of sp³-hybridized carbons (Fsp3) is 0.357. The van der Waals surface area contributed by atoms with Crippen molar-refractivity contribution < 1.29 is 14.3 Å². The third-order valence-electron chi connectivity index (χ3n) is 7.27. The van der Waals surface area contributed by atoms with Crippen LogP contribution in [0.15, 0.2) is 54.9 Å². The predicted molar refractivity (Wildman–Crippen MR) is 133 cm³/mol. The van der Waals surface area contributed by atoms with E-state index in [4.69, 9.17) is 4.74 Å². The third-order valence-corrected chi connectivity index (χ3v) is 7.27. The standard InChI is InChI=1S/C28H28N4O3/c1-28(2)14-23-17-35-26-24(32(23)27(28)34)13-18(15-30-26)12-21-8-5-20(16-29-21)19-6-9-22(10-7-19)31-11-3-4-25(31)33/h5-10,13,15-16,23H,3-4,11-12,14,17H2,1-2H3/t23-/m0/s1. The van der Waals surface area contributed by atoms with Crippen LogP contribution in [0.1, 0.15) is 44.4 Å². The first-order valence-corrected chi connectivity index (χ1v) is 12.2. The maximum absolute atomic E-state index is 13.0. The molecule has 1 atom stereocenters. The normalized spacial score (nSPS) is 20.6. The molecule has 2 aromatic heterocycles. The molecule has 35 heavy (non-hydrogen) atoms. The number of nitrogens with zero attached hydrogens (tertiary/aromatic N) is 4. The Balaban J connectivity index is 1.19. The molecule has 6 rings (SSSR count). The largest absolute Gasteiger partial charge is 0.474 e. The molecule has 1 aromatic carbocycles. The highest BCUT2D eigenvalue weighted by Gasteiger charge is 2.49. The summed E-state index contributed by atoms with van der Waals surface area (Å²) < 4.78 is 5.85. The lowest BCUT2D eigenvalue weighted by atomic mass is 9.90. The molecule has 2 fully saturated rings. The van der Waals surface area contributed by atoms with Gasteiger partial charge in [-0.3, -0.25) is 14.6 Å². The van der Waals surface area contributed by atoms with E-state index in [1.165, 1.54) is 0 Å². The first-order valence-electron chi connectivity index (χ1n) is 12.2. The number of amides is 2. The van der Waals surface area contributed by atoms with Crippen LogP contribution in [0.3, 0.4) is 0 Å². The lowest BCUT2D eigenvalue weighted by Gasteiger charge is -2.31. The zero-order valence-corrected chi connectivity index (χ0v) is 20.0. The van der Waals surface area contributed by atoms with Gasteiger partial charge in [0.2, 0.25) is 17.7 Å². The Kier molecular flexibility index (Phi) is 5.09. The number of ether oxygens (including phenoxy) is 1. The van der Waals surface area contributed by atoms with Gasteiger partial charge in [-0.15, -0.1) is 0 Å². The first-order chi connectivity index (χ1) is 16.9. The number of rotatable bonds is 4. The Hall–Kier alpha value is -3.74. The Morgan fingerprint density at radius 1 is 1.03 bits per heavy atom. The molecule has 0 N–H and O–H groups in total. The van der Waals surface area contributed by atoms with E-state index in [9.17, 15) is 9.59 Å². The van der Waals surface area contributed by atoms with Crippen molar-refractivity contribution in [2.24, 2.45) is 5.41 Å². The lowest BCUT2D eigenvalue weighted by Crippen LogP contribution is -2.41. The minimum Gasteiger partial charge on any atom is -0.474 e. The van der Waals surface area contributed by atoms with Crippen LogP contribution in [0, 0.1) is 5.41 Å². The summed E-state index contributed by atoms with van der Waals surface area (Å²) in [6.45, 7) is 5.28. The fourth-order valence-corrected chi connectivity index (χ4v) is 5.40. The predicted octanol–water partition coefficient (Wildman–Crippen LogP) is 4.39. The van der Waals surface area contributed by atoms with Crippen molar-refractivity contribution in [3.8, 4) is 17.0 Å². The number of hydrogen-bond acceptors (Lipinski definition) is 5. The van der Waals surface area contributed by atoms with Crippen LogP contribution < -0.4 is 14.5 Å². The molecular formula is C28H28N4O3. The highest BCUT2D eigenvalue weighted by Crippen LogP contribution is 2.44. The van der Waals surface area contributed by atoms with E-state index in [-0.39, 0.29) is 23.3 Å². The van der Waals surface area contributed by atoms with Gasteiger partial charge < -0.3 is 14.5 Å². The molecule has 7 heteroatoms. The van der Waals surface area contributed by atoms with Gasteiger partial charge in [0, 0.05) is 54.1 Å². The van der Waals surface area contributed by atoms with Crippen LogP contribution in [0.2, 0.25) is 0 Å². The number of aromatic nitrogens is 2. The van der Waals surface area contributed by atoms with Gasteiger partial charge in [-0.25, -0.2) is 4.98 Å². The summed E-state index contributed by atoms with van der Waals surface area (Å²) in [4.78, 5) is 37.9. The van der Waals surface area contributed by atoms with Crippen molar-refractivity contribution in [2.45, 2.75) is 45.6 Å². The van der Waals surface area contributed by atoms with E-state index in [0.717, 1.165) is 53.1 Å². The molecule has 2 saturated heterocycles. The summed E-state index contributed by atoms with van der Waals surface area (Å²) in [6, 6.07) is 14.2. The summed E-state index contributed by atoms with van der Waals surface area (Å²) in [5.41, 5.74) is 5.34. The van der Waals surface area contributed by atoms with Gasteiger partial charge in [0.1, 0.15) is 12.3 Å². The Morgan fingerprint density at radius 3 is 2.54 bits per heavy atom. The van der Waals surface area contributed by atoms with Crippen LogP contribution >= 0.6 is 0 Å². The van der Waals surface area contributed by atoms with E-state index in [1.807, 2.05) is 66.2 Å². The Bertz CT molecular complexity index is 1300. The second-order valence-corrected chi connectivity index (χ2v) is 10.3. The molecule has 0 aliphatic carbocycles. The average molecular weight is 469 g/mol. The third kappa shape index (κ3) is 3.85. The molecule has 3 aliphatic heterocycles. The maximum Gasteiger partial charge on any atom is 0.238 e. The molecule has 0 bridgehead atoms. The second kappa shape index (κ2) is 8.18. The Labute approximate surface area is 204 Å². The number of benzene rings is 1. The summed E-state index contributed by atoms with van der Waals surface area (Å²) >= 11 is 0. The molecule has 3 aromatic rings. The number of carbonyl (C=O) groups excluding carboxylic acids is 2. The van der Waals surface area contributed by atoms with Crippen LogP contribution in [-0.2, 0) is 16.0 Å². The van der Waals surface area contributed by atoms with Gasteiger partial charge >= 0.3 is 0 Å². The van der Waals surface area contributed by atoms with Gasteiger partial charge in [0.05, 0.1) is 6.04 Å². The van der Waals surface area contributed by atoms with Crippen molar-refractivity contribution in [3.05, 3.63) is 66.1 Å². The number of carbonyl (C=O) groups is 2. The number of pyridine rings is 2. The van der Waals surface area contributed by atoms with Gasteiger partial charge in [-0.05, 0) is 48.2 Å². The monoisotopic (exact) mass is 468 g/mol. The molecular weight excluding hydrogens is 440 g/mol. The zero-order valence-electron chi connectivity index (χ0n) is 20.0. The van der Waals surface area contributed by atoms with Crippen molar-refractivity contribution >= 4 is 23.2 Å². The Morgan fingerprint density at radius 2 is 1.83 bits per heavy atom. The van der Waals surface area contributed by atoms with Crippen molar-refractivity contribution in [3.63, 3.8) is 0 Å². The summed E-state index contributed by atoms with van der Waals surface area (Å²) in [7, 11) is 0. The average Bonchev–Trinajstić information content (AvgIpc) is 3.39. The quantitative estimate of drug-likeness (QED) is 0.568. The van der Waals surface area contributed by atoms with Gasteiger partial charge in [0.15, 0.2) is 0 Å². The minimum absolute atomic E-state index is 0.0643. The van der Waals surface area contributed by atoms with E-state index in [2.05, 4.69) is 16.0 Å².